The Balaban J connectivity index is 1.88. The Morgan fingerprint density at radius 3 is 2.71 bits per heavy atom. The topological polar surface area (TPSA) is 15.3 Å². The monoisotopic (exact) mass is 370 g/mol. The smallest absolute Gasteiger partial charge is 0.0526 e. The molecule has 0 unspecified atom stereocenters. The van der Waals surface area contributed by atoms with Gasteiger partial charge in [0.2, 0.25) is 0 Å². The Morgan fingerprint density at radius 2 is 1.95 bits per heavy atom. The molecule has 0 amide bonds. The summed E-state index contributed by atoms with van der Waals surface area (Å²) in [5.74, 6) is 0. The fraction of sp³-hybridized carbons (Fsp3) is 0.647. The van der Waals surface area contributed by atoms with Crippen molar-refractivity contribution in [3.05, 3.63) is 27.2 Å². The molecule has 3 rings (SSSR count). The highest BCUT2D eigenvalue weighted by Crippen LogP contribution is 2.36. The summed E-state index contributed by atoms with van der Waals surface area (Å²) in [6.07, 6.45) is 7.91. The summed E-state index contributed by atoms with van der Waals surface area (Å²) in [6, 6.07) is 4.27. The SMILES string of the molecule is Cc1cc(Br)c(N2CCCNC3(CCCCC3)C2)cc1Cl. The zero-order chi connectivity index (χ0) is 14.9. The Kier molecular flexibility index (Phi) is 4.82. The van der Waals surface area contributed by atoms with Crippen LogP contribution >= 0.6 is 27.5 Å². The minimum absolute atomic E-state index is 0.311. The van der Waals surface area contributed by atoms with Crippen LogP contribution in [0.2, 0.25) is 5.02 Å². The fourth-order valence-electron chi connectivity index (χ4n) is 3.77. The molecule has 4 heteroatoms. The third kappa shape index (κ3) is 3.40. The van der Waals surface area contributed by atoms with Crippen molar-refractivity contribution < 1.29 is 0 Å². The molecule has 1 saturated heterocycles. The highest BCUT2D eigenvalue weighted by atomic mass is 79.9. The third-order valence-electron chi connectivity index (χ3n) is 4.98. The standard InChI is InChI=1S/C17H24BrClN2/c1-13-10-14(18)16(11-15(13)19)21-9-5-8-20-17(12-21)6-3-2-4-7-17/h10-11,20H,2-9,12H2,1H3. The Morgan fingerprint density at radius 1 is 1.19 bits per heavy atom. The van der Waals surface area contributed by atoms with E-state index in [0.29, 0.717) is 5.54 Å². The molecule has 0 aromatic heterocycles. The Bertz CT molecular complexity index is 512. The summed E-state index contributed by atoms with van der Waals surface area (Å²) < 4.78 is 1.16. The maximum Gasteiger partial charge on any atom is 0.0526 e. The van der Waals surface area contributed by atoms with Crippen LogP contribution in [0.5, 0.6) is 0 Å². The molecule has 1 spiro atoms. The van der Waals surface area contributed by atoms with Crippen molar-refractivity contribution in [2.75, 3.05) is 24.5 Å². The maximum absolute atomic E-state index is 6.36. The van der Waals surface area contributed by atoms with Crippen molar-refractivity contribution >= 4 is 33.2 Å². The molecule has 1 aromatic rings. The van der Waals surface area contributed by atoms with Crippen LogP contribution < -0.4 is 10.2 Å². The molecule has 1 aromatic carbocycles. The molecule has 1 N–H and O–H groups in total. The molecule has 2 fully saturated rings. The van der Waals surface area contributed by atoms with Crippen LogP contribution in [0.15, 0.2) is 16.6 Å². The van der Waals surface area contributed by atoms with Crippen molar-refractivity contribution in [2.45, 2.75) is 51.0 Å². The second-order valence-electron chi connectivity index (χ2n) is 6.60. The van der Waals surface area contributed by atoms with Gasteiger partial charge in [0, 0.05) is 28.1 Å². The molecule has 0 bridgehead atoms. The van der Waals surface area contributed by atoms with Crippen LogP contribution in [0.25, 0.3) is 0 Å². The van der Waals surface area contributed by atoms with Gasteiger partial charge in [-0.1, -0.05) is 30.9 Å². The maximum atomic E-state index is 6.36. The number of nitrogens with zero attached hydrogens (tertiary/aromatic N) is 1. The van der Waals surface area contributed by atoms with Gasteiger partial charge >= 0.3 is 0 Å². The predicted molar refractivity (Wildman–Crippen MR) is 94.5 cm³/mol. The molecule has 1 aliphatic carbocycles. The highest BCUT2D eigenvalue weighted by Gasteiger charge is 2.35. The minimum Gasteiger partial charge on any atom is -0.369 e. The molecule has 0 radical (unpaired) electrons. The van der Waals surface area contributed by atoms with Gasteiger partial charge in [-0.15, -0.1) is 0 Å². The van der Waals surface area contributed by atoms with Crippen LogP contribution in [0.3, 0.4) is 0 Å². The predicted octanol–water partition coefficient (Wildman–Crippen LogP) is 4.91. The first-order chi connectivity index (χ1) is 10.1. The van der Waals surface area contributed by atoms with E-state index in [0.717, 1.165) is 34.7 Å². The lowest BCUT2D eigenvalue weighted by atomic mass is 9.81. The number of rotatable bonds is 1. The van der Waals surface area contributed by atoms with Gasteiger partial charge in [0.1, 0.15) is 0 Å². The summed E-state index contributed by atoms with van der Waals surface area (Å²) in [5.41, 5.74) is 2.69. The van der Waals surface area contributed by atoms with Crippen molar-refractivity contribution in [3.63, 3.8) is 0 Å². The highest BCUT2D eigenvalue weighted by molar-refractivity contribution is 9.10. The molecular weight excluding hydrogens is 348 g/mol. The summed E-state index contributed by atoms with van der Waals surface area (Å²) in [6.45, 7) is 5.40. The summed E-state index contributed by atoms with van der Waals surface area (Å²) in [7, 11) is 0. The van der Waals surface area contributed by atoms with Crippen LogP contribution in [0, 0.1) is 6.92 Å². The van der Waals surface area contributed by atoms with Crippen molar-refractivity contribution in [3.8, 4) is 0 Å². The first kappa shape index (κ1) is 15.6. The van der Waals surface area contributed by atoms with Gasteiger partial charge < -0.3 is 10.2 Å². The summed E-state index contributed by atoms with van der Waals surface area (Å²) in [4.78, 5) is 2.53. The Hall–Kier alpha value is -0.250. The lowest BCUT2D eigenvalue weighted by Crippen LogP contribution is -2.52. The van der Waals surface area contributed by atoms with Crippen molar-refractivity contribution in [2.24, 2.45) is 0 Å². The van der Waals surface area contributed by atoms with Crippen molar-refractivity contribution in [1.29, 1.82) is 0 Å². The number of nitrogens with one attached hydrogen (secondary N) is 1. The van der Waals surface area contributed by atoms with E-state index in [-0.39, 0.29) is 0 Å². The van der Waals surface area contributed by atoms with E-state index >= 15 is 0 Å². The van der Waals surface area contributed by atoms with Gasteiger partial charge in [0.15, 0.2) is 0 Å². The molecule has 21 heavy (non-hydrogen) atoms. The van der Waals surface area contributed by atoms with Crippen LogP contribution in [0.4, 0.5) is 5.69 Å². The van der Waals surface area contributed by atoms with Gasteiger partial charge in [0.25, 0.3) is 0 Å². The number of anilines is 1. The molecular formula is C17H24BrClN2. The molecule has 116 valence electrons. The van der Waals surface area contributed by atoms with E-state index in [1.165, 1.54) is 44.2 Å². The van der Waals surface area contributed by atoms with Crippen molar-refractivity contribution in [1.82, 2.24) is 5.32 Å². The van der Waals surface area contributed by atoms with E-state index in [2.05, 4.69) is 45.2 Å². The minimum atomic E-state index is 0.311. The van der Waals surface area contributed by atoms with Gasteiger partial charge in [-0.25, -0.2) is 0 Å². The van der Waals surface area contributed by atoms with Gasteiger partial charge in [-0.05, 0) is 66.4 Å². The Labute approximate surface area is 141 Å². The third-order valence-corrected chi connectivity index (χ3v) is 6.02. The zero-order valence-corrected chi connectivity index (χ0v) is 15.1. The zero-order valence-electron chi connectivity index (χ0n) is 12.7. The van der Waals surface area contributed by atoms with E-state index in [9.17, 15) is 0 Å². The summed E-state index contributed by atoms with van der Waals surface area (Å²) >= 11 is 10.1. The second kappa shape index (κ2) is 6.47. The molecule has 2 aliphatic rings. The van der Waals surface area contributed by atoms with Crippen LogP contribution in [0.1, 0.15) is 44.1 Å². The first-order valence-corrected chi connectivity index (χ1v) is 9.22. The van der Waals surface area contributed by atoms with Gasteiger partial charge in [-0.3, -0.25) is 0 Å². The van der Waals surface area contributed by atoms with E-state index in [4.69, 9.17) is 11.6 Å². The lowest BCUT2D eigenvalue weighted by Gasteiger charge is -2.41. The molecule has 2 nitrogen and oxygen atoms in total. The van der Waals surface area contributed by atoms with E-state index < -0.39 is 0 Å². The van der Waals surface area contributed by atoms with Crippen LogP contribution in [-0.4, -0.2) is 25.2 Å². The average Bonchev–Trinajstić information content (AvgIpc) is 2.66. The number of hydrogen-bond donors (Lipinski definition) is 1. The number of aryl methyl sites for hydroxylation is 1. The number of hydrogen-bond acceptors (Lipinski definition) is 2. The fourth-order valence-corrected chi connectivity index (χ4v) is 4.64. The van der Waals surface area contributed by atoms with Gasteiger partial charge in [0.05, 0.1) is 5.69 Å². The van der Waals surface area contributed by atoms with Crippen LogP contribution in [-0.2, 0) is 0 Å². The summed E-state index contributed by atoms with van der Waals surface area (Å²) in [5, 5.41) is 4.72. The molecule has 0 atom stereocenters. The number of benzene rings is 1. The molecule has 1 saturated carbocycles. The average molecular weight is 372 g/mol. The first-order valence-electron chi connectivity index (χ1n) is 8.05. The quantitative estimate of drug-likeness (QED) is 0.754. The van der Waals surface area contributed by atoms with Gasteiger partial charge in [-0.2, -0.15) is 0 Å². The lowest BCUT2D eigenvalue weighted by molar-refractivity contribution is 0.246. The normalized spacial score (nSPS) is 22.3. The largest absolute Gasteiger partial charge is 0.369 e. The molecule has 1 heterocycles. The number of halogens is 2. The van der Waals surface area contributed by atoms with E-state index in [1.54, 1.807) is 0 Å². The molecule has 1 aliphatic heterocycles. The van der Waals surface area contributed by atoms with E-state index in [1.807, 2.05) is 0 Å². The second-order valence-corrected chi connectivity index (χ2v) is 7.86.